The summed E-state index contributed by atoms with van der Waals surface area (Å²) in [5.41, 5.74) is 0.913. The van der Waals surface area contributed by atoms with Crippen LogP contribution >= 0.6 is 0 Å². The summed E-state index contributed by atoms with van der Waals surface area (Å²) in [6.45, 7) is 2.25. The fraction of sp³-hybridized carbons (Fsp3) is 0.615. The summed E-state index contributed by atoms with van der Waals surface area (Å²) in [6, 6.07) is 8.54. The van der Waals surface area contributed by atoms with Crippen LogP contribution < -0.4 is 5.32 Å². The summed E-state index contributed by atoms with van der Waals surface area (Å²) in [5, 5.41) is 12.0. The van der Waals surface area contributed by atoms with Gasteiger partial charge < -0.3 is 10.4 Å². The van der Waals surface area contributed by atoms with Crippen LogP contribution in [0.25, 0.3) is 0 Å². The summed E-state index contributed by atoms with van der Waals surface area (Å²) in [7, 11) is 0. The van der Waals surface area contributed by atoms with E-state index in [1.54, 1.807) is 0 Å². The van der Waals surface area contributed by atoms with Crippen molar-refractivity contribution in [2.75, 3.05) is 0 Å². The van der Waals surface area contributed by atoms with E-state index in [4.69, 9.17) is 0 Å². The van der Waals surface area contributed by atoms with Gasteiger partial charge in [-0.2, -0.15) is 0 Å². The number of hydrogen-bond donors (Lipinski definition) is 2. The Hall–Kier alpha value is -2.10. The molecule has 0 aliphatic carbocycles. The molecule has 0 spiro atoms. The normalized spacial score (nSPS) is 12.2. The van der Waals surface area contributed by atoms with E-state index in [-0.39, 0.29) is 5.91 Å². The summed E-state index contributed by atoms with van der Waals surface area (Å²) >= 11 is 0. The number of benzene rings is 1. The highest BCUT2D eigenvalue weighted by molar-refractivity contribution is 5.83. The number of hydrogen-bond acceptors (Lipinski definition) is 2. The van der Waals surface area contributed by atoms with Crippen LogP contribution in [0.1, 0.15) is 96.0 Å². The molecule has 168 valence electrons. The molecule has 0 saturated heterocycles. The van der Waals surface area contributed by atoms with Gasteiger partial charge in [0.1, 0.15) is 6.04 Å². The van der Waals surface area contributed by atoms with Crippen molar-refractivity contribution in [1.82, 2.24) is 5.32 Å². The monoisotopic (exact) mass is 415 g/mol. The lowest BCUT2D eigenvalue weighted by molar-refractivity contribution is -0.141. The van der Waals surface area contributed by atoms with E-state index in [0.29, 0.717) is 12.8 Å². The Morgan fingerprint density at radius 1 is 0.867 bits per heavy atom. The highest BCUT2D eigenvalue weighted by Gasteiger charge is 2.19. The molecule has 4 nitrogen and oxygen atoms in total. The van der Waals surface area contributed by atoms with E-state index in [1.807, 2.05) is 30.3 Å². The molecule has 30 heavy (non-hydrogen) atoms. The van der Waals surface area contributed by atoms with Crippen molar-refractivity contribution in [1.29, 1.82) is 0 Å². The van der Waals surface area contributed by atoms with E-state index in [9.17, 15) is 14.7 Å². The molecule has 2 N–H and O–H groups in total. The van der Waals surface area contributed by atoms with Gasteiger partial charge in [0.2, 0.25) is 5.91 Å². The summed E-state index contributed by atoms with van der Waals surface area (Å²) in [4.78, 5) is 23.5. The smallest absolute Gasteiger partial charge is 0.326 e. The Bertz CT molecular complexity index is 598. The minimum absolute atomic E-state index is 0.166. The SMILES string of the molecule is CCCCCCC/C=C\CCCCCCCC(=O)N[C@@H](Cc1ccccc1)C(=O)O. The third-order valence-electron chi connectivity index (χ3n) is 5.33. The Labute approximate surface area is 183 Å². The lowest BCUT2D eigenvalue weighted by atomic mass is 10.1. The third-order valence-corrected chi connectivity index (χ3v) is 5.33. The van der Waals surface area contributed by atoms with E-state index in [0.717, 1.165) is 31.2 Å². The van der Waals surface area contributed by atoms with Crippen LogP contribution in [-0.4, -0.2) is 23.0 Å². The van der Waals surface area contributed by atoms with Gasteiger partial charge in [-0.25, -0.2) is 4.79 Å². The van der Waals surface area contributed by atoms with Crippen LogP contribution in [0.3, 0.4) is 0 Å². The maximum absolute atomic E-state index is 12.1. The van der Waals surface area contributed by atoms with Crippen LogP contribution in [0.5, 0.6) is 0 Å². The van der Waals surface area contributed by atoms with Crippen LogP contribution in [0.15, 0.2) is 42.5 Å². The van der Waals surface area contributed by atoms with Crippen LogP contribution in [-0.2, 0) is 16.0 Å². The number of unbranched alkanes of at least 4 members (excludes halogenated alkanes) is 10. The summed E-state index contributed by atoms with van der Waals surface area (Å²) in [5.74, 6) is -1.15. The lowest BCUT2D eigenvalue weighted by Gasteiger charge is -2.14. The zero-order valence-electron chi connectivity index (χ0n) is 18.8. The second kappa shape index (κ2) is 17.7. The molecule has 4 heteroatoms. The van der Waals surface area contributed by atoms with Gasteiger partial charge in [-0.3, -0.25) is 4.79 Å². The molecular formula is C26H41NO3. The van der Waals surface area contributed by atoms with Gasteiger partial charge in [0.25, 0.3) is 0 Å². The molecule has 1 rings (SSSR count). The molecule has 1 aromatic carbocycles. The number of carbonyl (C=O) groups is 2. The minimum Gasteiger partial charge on any atom is -0.480 e. The highest BCUT2D eigenvalue weighted by atomic mass is 16.4. The standard InChI is InChI=1S/C26H41NO3/c1-2-3-4-5-6-7-8-9-10-11-12-13-14-18-21-25(28)27-24(26(29)30)22-23-19-16-15-17-20-23/h8-9,15-17,19-20,24H,2-7,10-14,18,21-22H2,1H3,(H,27,28)(H,29,30)/b9-8-/t24-/m0/s1. The first-order chi connectivity index (χ1) is 14.6. The number of rotatable bonds is 18. The predicted molar refractivity (Wildman–Crippen MR) is 125 cm³/mol. The molecule has 0 fully saturated rings. The largest absolute Gasteiger partial charge is 0.480 e. The Kier molecular flexibility index (Phi) is 15.3. The van der Waals surface area contributed by atoms with Crippen molar-refractivity contribution in [2.24, 2.45) is 0 Å². The molecule has 1 aromatic rings. The number of amides is 1. The maximum atomic E-state index is 12.1. The minimum atomic E-state index is -0.985. The molecule has 0 heterocycles. The van der Waals surface area contributed by atoms with Crippen molar-refractivity contribution >= 4 is 11.9 Å². The van der Waals surface area contributed by atoms with Gasteiger partial charge in [-0.05, 0) is 37.7 Å². The van der Waals surface area contributed by atoms with Crippen LogP contribution in [0, 0.1) is 0 Å². The summed E-state index contributed by atoms with van der Waals surface area (Å²) < 4.78 is 0. The molecule has 0 unspecified atom stereocenters. The fourth-order valence-corrected chi connectivity index (χ4v) is 3.50. The molecule has 0 saturated carbocycles. The van der Waals surface area contributed by atoms with Crippen molar-refractivity contribution in [3.63, 3.8) is 0 Å². The molecule has 0 radical (unpaired) electrons. The van der Waals surface area contributed by atoms with Crippen LogP contribution in [0.4, 0.5) is 0 Å². The van der Waals surface area contributed by atoms with Gasteiger partial charge >= 0.3 is 5.97 Å². The molecule has 0 aromatic heterocycles. The number of aliphatic carboxylic acids is 1. The fourth-order valence-electron chi connectivity index (χ4n) is 3.50. The van der Waals surface area contributed by atoms with Crippen molar-refractivity contribution < 1.29 is 14.7 Å². The summed E-state index contributed by atoms with van der Waals surface area (Å²) in [6.07, 6.45) is 19.8. The van der Waals surface area contributed by atoms with Gasteiger partial charge in [-0.1, -0.05) is 94.4 Å². The predicted octanol–water partition coefficient (Wildman–Crippen LogP) is 6.45. The Balaban J connectivity index is 2.02. The first-order valence-corrected chi connectivity index (χ1v) is 11.8. The van der Waals surface area contributed by atoms with E-state index in [2.05, 4.69) is 24.4 Å². The van der Waals surface area contributed by atoms with Gasteiger partial charge in [-0.15, -0.1) is 0 Å². The van der Waals surface area contributed by atoms with Gasteiger partial charge in [0, 0.05) is 12.8 Å². The van der Waals surface area contributed by atoms with E-state index in [1.165, 1.54) is 51.4 Å². The molecule has 0 aliphatic rings. The number of nitrogens with one attached hydrogen (secondary N) is 1. The average molecular weight is 416 g/mol. The third kappa shape index (κ3) is 14.0. The van der Waals surface area contributed by atoms with Crippen molar-refractivity contribution in [2.45, 2.75) is 103 Å². The number of carboxylic acid groups (broad SMARTS) is 1. The molecule has 0 bridgehead atoms. The maximum Gasteiger partial charge on any atom is 0.326 e. The zero-order valence-corrected chi connectivity index (χ0v) is 18.8. The Morgan fingerprint density at radius 3 is 2.03 bits per heavy atom. The first-order valence-electron chi connectivity index (χ1n) is 11.8. The van der Waals surface area contributed by atoms with Crippen molar-refractivity contribution in [3.05, 3.63) is 48.0 Å². The number of allylic oxidation sites excluding steroid dienone is 2. The van der Waals surface area contributed by atoms with Crippen molar-refractivity contribution in [3.8, 4) is 0 Å². The van der Waals surface area contributed by atoms with E-state index >= 15 is 0 Å². The lowest BCUT2D eigenvalue weighted by Crippen LogP contribution is -2.42. The average Bonchev–Trinajstić information content (AvgIpc) is 2.74. The first kappa shape index (κ1) is 25.9. The number of carbonyl (C=O) groups excluding carboxylic acids is 1. The van der Waals surface area contributed by atoms with Gasteiger partial charge in [0.15, 0.2) is 0 Å². The zero-order chi connectivity index (χ0) is 21.9. The molecule has 0 aliphatic heterocycles. The second-order valence-electron chi connectivity index (χ2n) is 8.13. The Morgan fingerprint density at radius 2 is 1.43 bits per heavy atom. The topological polar surface area (TPSA) is 66.4 Å². The van der Waals surface area contributed by atoms with E-state index < -0.39 is 12.0 Å². The second-order valence-corrected chi connectivity index (χ2v) is 8.13. The van der Waals surface area contributed by atoms with Crippen LogP contribution in [0.2, 0.25) is 0 Å². The highest BCUT2D eigenvalue weighted by Crippen LogP contribution is 2.10. The van der Waals surface area contributed by atoms with Gasteiger partial charge in [0.05, 0.1) is 0 Å². The quantitative estimate of drug-likeness (QED) is 0.214. The molecular weight excluding hydrogens is 374 g/mol. The molecule has 1 atom stereocenters. The molecule has 1 amide bonds. The number of carboxylic acids is 1.